The molecule has 7 heteroatoms. The fraction of sp³-hybridized carbons (Fsp3) is 0.619. The number of benzene rings is 1. The summed E-state index contributed by atoms with van der Waals surface area (Å²) in [4.78, 5) is 12.8. The highest BCUT2D eigenvalue weighted by Gasteiger charge is 2.51. The van der Waals surface area contributed by atoms with E-state index in [0.717, 1.165) is 34.6 Å². The average molecular weight is 398 g/mol. The molecule has 1 heterocycles. The minimum atomic E-state index is 0.0610. The second-order valence-electron chi connectivity index (χ2n) is 9.20. The van der Waals surface area contributed by atoms with Crippen molar-refractivity contribution in [2.45, 2.75) is 63.1 Å². The maximum Gasteiger partial charge on any atom is 0.230 e. The lowest BCUT2D eigenvalue weighted by Crippen LogP contribution is -2.60. The van der Waals surface area contributed by atoms with Crippen LogP contribution in [0.1, 0.15) is 49.7 Å². The van der Waals surface area contributed by atoms with Crippen LogP contribution in [0.2, 0.25) is 0 Å². The fourth-order valence-corrected chi connectivity index (χ4v) is 6.78. The molecule has 6 nitrogen and oxygen atoms in total. The van der Waals surface area contributed by atoms with Crippen LogP contribution in [0.4, 0.5) is 0 Å². The minimum absolute atomic E-state index is 0.0610. The molecule has 0 atom stereocenters. The molecular formula is C21H27N5OS. The lowest BCUT2D eigenvalue weighted by Gasteiger charge is -2.56. The van der Waals surface area contributed by atoms with Crippen molar-refractivity contribution in [3.05, 3.63) is 29.3 Å². The number of carbonyl (C=O) groups excluding carboxylic acids is 1. The third kappa shape index (κ3) is 3.34. The van der Waals surface area contributed by atoms with Gasteiger partial charge in [0.25, 0.3) is 0 Å². The van der Waals surface area contributed by atoms with E-state index in [1.807, 2.05) is 6.92 Å². The summed E-state index contributed by atoms with van der Waals surface area (Å²) in [5, 5.41) is 16.2. The number of rotatable bonds is 5. The third-order valence-corrected chi connectivity index (χ3v) is 7.73. The van der Waals surface area contributed by atoms with Gasteiger partial charge >= 0.3 is 0 Å². The number of amides is 1. The summed E-state index contributed by atoms with van der Waals surface area (Å²) in [6.45, 7) is 4.10. The van der Waals surface area contributed by atoms with Crippen molar-refractivity contribution >= 4 is 17.7 Å². The molecule has 148 valence electrons. The van der Waals surface area contributed by atoms with Crippen LogP contribution >= 0.6 is 11.8 Å². The number of carbonyl (C=O) groups is 1. The molecule has 4 bridgehead atoms. The van der Waals surface area contributed by atoms with Crippen LogP contribution < -0.4 is 5.32 Å². The van der Waals surface area contributed by atoms with Crippen LogP contribution in [0.25, 0.3) is 5.69 Å². The average Bonchev–Trinajstić information content (AvgIpc) is 3.09. The maximum absolute atomic E-state index is 12.8. The van der Waals surface area contributed by atoms with E-state index in [1.165, 1.54) is 50.3 Å². The van der Waals surface area contributed by atoms with Crippen molar-refractivity contribution in [3.8, 4) is 5.69 Å². The first-order valence-corrected chi connectivity index (χ1v) is 11.3. The highest BCUT2D eigenvalue weighted by molar-refractivity contribution is 7.99. The summed E-state index contributed by atoms with van der Waals surface area (Å²) >= 11 is 1.41. The Morgan fingerprint density at radius 3 is 2.54 bits per heavy atom. The zero-order valence-electron chi connectivity index (χ0n) is 16.5. The summed E-state index contributed by atoms with van der Waals surface area (Å²) < 4.78 is 1.74. The quantitative estimate of drug-likeness (QED) is 0.782. The number of aromatic nitrogens is 4. The highest BCUT2D eigenvalue weighted by Crippen LogP contribution is 2.55. The molecular weight excluding hydrogens is 370 g/mol. The van der Waals surface area contributed by atoms with Crippen molar-refractivity contribution in [3.63, 3.8) is 0 Å². The Bertz CT molecular complexity index is 873. The summed E-state index contributed by atoms with van der Waals surface area (Å²) in [7, 11) is 0. The molecule has 1 aromatic carbocycles. The topological polar surface area (TPSA) is 72.7 Å². The van der Waals surface area contributed by atoms with Gasteiger partial charge in [-0.15, -0.1) is 5.10 Å². The third-order valence-electron chi connectivity index (χ3n) is 6.81. The van der Waals surface area contributed by atoms with E-state index in [4.69, 9.17) is 0 Å². The van der Waals surface area contributed by atoms with Gasteiger partial charge in [0, 0.05) is 5.54 Å². The Hall–Kier alpha value is -1.89. The van der Waals surface area contributed by atoms with Crippen molar-refractivity contribution in [1.29, 1.82) is 0 Å². The van der Waals surface area contributed by atoms with Gasteiger partial charge in [-0.25, -0.2) is 0 Å². The zero-order valence-corrected chi connectivity index (χ0v) is 17.3. The molecule has 0 unspecified atom stereocenters. The molecule has 1 aromatic heterocycles. The number of nitrogens with one attached hydrogen (secondary N) is 1. The first-order chi connectivity index (χ1) is 13.5. The molecule has 6 rings (SSSR count). The van der Waals surface area contributed by atoms with Gasteiger partial charge in [0.15, 0.2) is 0 Å². The molecule has 0 saturated heterocycles. The first-order valence-electron chi connectivity index (χ1n) is 10.3. The number of aryl methyl sites for hydroxylation is 2. The molecule has 4 aliphatic rings. The fourth-order valence-electron chi connectivity index (χ4n) is 6.09. The largest absolute Gasteiger partial charge is 0.350 e. The Labute approximate surface area is 169 Å². The van der Waals surface area contributed by atoms with E-state index in [0.29, 0.717) is 10.9 Å². The predicted octanol–water partition coefficient (Wildman–Crippen LogP) is 3.46. The van der Waals surface area contributed by atoms with Crippen LogP contribution in [-0.2, 0) is 4.79 Å². The van der Waals surface area contributed by atoms with Gasteiger partial charge in [0.2, 0.25) is 11.1 Å². The van der Waals surface area contributed by atoms with Crippen molar-refractivity contribution < 1.29 is 4.79 Å². The number of tetrazole rings is 1. The maximum atomic E-state index is 12.8. The Balaban J connectivity index is 1.26. The molecule has 1 N–H and O–H groups in total. The molecule has 4 saturated carbocycles. The molecule has 4 fully saturated rings. The summed E-state index contributed by atoms with van der Waals surface area (Å²) in [6, 6.07) is 6.22. The van der Waals surface area contributed by atoms with Gasteiger partial charge in [0.05, 0.1) is 11.4 Å². The summed E-state index contributed by atoms with van der Waals surface area (Å²) in [5.74, 6) is 2.96. The van der Waals surface area contributed by atoms with Crippen molar-refractivity contribution in [2.24, 2.45) is 17.8 Å². The van der Waals surface area contributed by atoms with Gasteiger partial charge in [0.1, 0.15) is 0 Å². The number of nitrogens with zero attached hydrogens (tertiary/aromatic N) is 4. The van der Waals surface area contributed by atoms with Gasteiger partial charge in [-0.05, 0) is 97.7 Å². The summed E-state index contributed by atoms with van der Waals surface area (Å²) in [5.41, 5.74) is 3.30. The van der Waals surface area contributed by atoms with Crippen LogP contribution in [0.5, 0.6) is 0 Å². The second-order valence-corrected chi connectivity index (χ2v) is 10.1. The smallest absolute Gasteiger partial charge is 0.230 e. The Kier molecular flexibility index (Phi) is 4.45. The molecule has 0 aliphatic heterocycles. The van der Waals surface area contributed by atoms with E-state index in [-0.39, 0.29) is 11.4 Å². The van der Waals surface area contributed by atoms with Crippen LogP contribution in [0.15, 0.2) is 23.4 Å². The van der Waals surface area contributed by atoms with Crippen LogP contribution in [-0.4, -0.2) is 37.4 Å². The lowest BCUT2D eigenvalue weighted by atomic mass is 9.53. The highest BCUT2D eigenvalue weighted by atomic mass is 32.2. The normalized spacial score (nSPS) is 30.6. The van der Waals surface area contributed by atoms with Crippen LogP contribution in [0.3, 0.4) is 0 Å². The van der Waals surface area contributed by atoms with Crippen LogP contribution in [0, 0.1) is 31.6 Å². The van der Waals surface area contributed by atoms with E-state index < -0.39 is 0 Å². The Morgan fingerprint density at radius 1 is 1.18 bits per heavy atom. The van der Waals surface area contributed by atoms with E-state index in [1.54, 1.807) is 4.68 Å². The van der Waals surface area contributed by atoms with Crippen molar-refractivity contribution in [1.82, 2.24) is 25.5 Å². The van der Waals surface area contributed by atoms with Gasteiger partial charge < -0.3 is 5.32 Å². The number of thioether (sulfide) groups is 1. The first kappa shape index (κ1) is 18.2. The predicted molar refractivity (Wildman–Crippen MR) is 108 cm³/mol. The zero-order chi connectivity index (χ0) is 19.3. The Morgan fingerprint density at radius 2 is 1.86 bits per heavy atom. The van der Waals surface area contributed by atoms with E-state index >= 15 is 0 Å². The second kappa shape index (κ2) is 6.87. The monoisotopic (exact) mass is 397 g/mol. The molecule has 2 aromatic rings. The van der Waals surface area contributed by atoms with E-state index in [9.17, 15) is 4.79 Å². The summed E-state index contributed by atoms with van der Waals surface area (Å²) in [6.07, 6.45) is 7.68. The molecule has 4 aliphatic carbocycles. The SMILES string of the molecule is Cc1ccc(C)c(-n2nnnc2SCC(=O)NC23CC4CC(CC(C4)C2)C3)c1. The van der Waals surface area contributed by atoms with Gasteiger partial charge in [-0.3, -0.25) is 4.79 Å². The van der Waals surface area contributed by atoms with E-state index in [2.05, 4.69) is 46.0 Å². The number of hydrogen-bond donors (Lipinski definition) is 1. The molecule has 1 amide bonds. The number of hydrogen-bond acceptors (Lipinski definition) is 5. The van der Waals surface area contributed by atoms with Crippen molar-refractivity contribution in [2.75, 3.05) is 5.75 Å². The van der Waals surface area contributed by atoms with Gasteiger partial charge in [-0.2, -0.15) is 4.68 Å². The molecule has 28 heavy (non-hydrogen) atoms. The minimum Gasteiger partial charge on any atom is -0.350 e. The van der Waals surface area contributed by atoms with Gasteiger partial charge in [-0.1, -0.05) is 23.9 Å². The lowest BCUT2D eigenvalue weighted by molar-refractivity contribution is -0.124. The standard InChI is InChI=1S/C21H27N5OS/c1-13-3-4-14(2)18(5-13)26-20(23-24-25-26)28-12-19(27)22-21-9-15-6-16(10-21)8-17(7-15)11-21/h3-5,15-17H,6-12H2,1-2H3,(H,22,27). The molecule has 0 radical (unpaired) electrons. The molecule has 0 spiro atoms.